The van der Waals surface area contributed by atoms with Crippen LogP contribution in [-0.4, -0.2) is 36.1 Å². The van der Waals surface area contributed by atoms with Gasteiger partial charge in [-0.1, -0.05) is 30.3 Å². The van der Waals surface area contributed by atoms with Gasteiger partial charge in [0.05, 0.1) is 31.6 Å². The van der Waals surface area contributed by atoms with Crippen molar-refractivity contribution in [3.05, 3.63) is 48.3 Å². The van der Waals surface area contributed by atoms with Crippen LogP contribution in [0.15, 0.2) is 42.7 Å². The van der Waals surface area contributed by atoms with Crippen LogP contribution in [0.25, 0.3) is 0 Å². The van der Waals surface area contributed by atoms with Gasteiger partial charge in [-0.15, -0.1) is 0 Å². The summed E-state index contributed by atoms with van der Waals surface area (Å²) in [5, 5.41) is 4.42. The Morgan fingerprint density at radius 3 is 2.67 bits per heavy atom. The van der Waals surface area contributed by atoms with Crippen molar-refractivity contribution >= 4 is 5.69 Å². The zero-order valence-electron chi connectivity index (χ0n) is 10.3. The summed E-state index contributed by atoms with van der Waals surface area (Å²) in [4.78, 5) is 2.32. The first-order valence-corrected chi connectivity index (χ1v) is 6.31. The molecule has 4 nitrogen and oxygen atoms in total. The van der Waals surface area contributed by atoms with Gasteiger partial charge in [-0.05, 0) is 5.56 Å². The van der Waals surface area contributed by atoms with E-state index in [9.17, 15) is 0 Å². The Morgan fingerprint density at radius 2 is 1.89 bits per heavy atom. The second kappa shape index (κ2) is 5.23. The molecule has 0 unspecified atom stereocenters. The van der Waals surface area contributed by atoms with Gasteiger partial charge in [0, 0.05) is 19.3 Å². The number of hydrogen-bond acceptors (Lipinski definition) is 3. The van der Waals surface area contributed by atoms with Crippen LogP contribution < -0.4 is 4.90 Å². The van der Waals surface area contributed by atoms with Gasteiger partial charge in [-0.3, -0.25) is 4.68 Å². The highest BCUT2D eigenvalue weighted by Gasteiger charge is 2.12. The van der Waals surface area contributed by atoms with Crippen molar-refractivity contribution in [3.63, 3.8) is 0 Å². The lowest BCUT2D eigenvalue weighted by atomic mass is 10.2. The summed E-state index contributed by atoms with van der Waals surface area (Å²) in [6, 6.07) is 10.4. The van der Waals surface area contributed by atoms with E-state index in [2.05, 4.69) is 40.5 Å². The quantitative estimate of drug-likeness (QED) is 0.823. The van der Waals surface area contributed by atoms with Crippen molar-refractivity contribution < 1.29 is 4.74 Å². The summed E-state index contributed by atoms with van der Waals surface area (Å²) in [7, 11) is 0. The smallest absolute Gasteiger partial charge is 0.0754 e. The molecular formula is C14H17N3O. The first-order chi connectivity index (χ1) is 8.92. The second-order valence-corrected chi connectivity index (χ2v) is 4.48. The highest BCUT2D eigenvalue weighted by molar-refractivity contribution is 5.42. The second-order valence-electron chi connectivity index (χ2n) is 4.48. The molecule has 2 aromatic rings. The van der Waals surface area contributed by atoms with Crippen molar-refractivity contribution in [2.24, 2.45) is 0 Å². The summed E-state index contributed by atoms with van der Waals surface area (Å²) < 4.78 is 7.34. The van der Waals surface area contributed by atoms with Crippen LogP contribution in [0.1, 0.15) is 5.56 Å². The lowest BCUT2D eigenvalue weighted by molar-refractivity contribution is 0.122. The Hall–Kier alpha value is -1.81. The predicted octanol–water partition coefficient (Wildman–Crippen LogP) is 1.77. The van der Waals surface area contributed by atoms with E-state index in [-0.39, 0.29) is 0 Å². The average Bonchev–Trinajstić information content (AvgIpc) is 2.89. The topological polar surface area (TPSA) is 30.3 Å². The van der Waals surface area contributed by atoms with E-state index in [1.807, 2.05) is 16.9 Å². The summed E-state index contributed by atoms with van der Waals surface area (Å²) in [5.41, 5.74) is 2.46. The third-order valence-corrected chi connectivity index (χ3v) is 3.18. The summed E-state index contributed by atoms with van der Waals surface area (Å²) in [6.45, 7) is 4.35. The molecule has 0 amide bonds. The van der Waals surface area contributed by atoms with Crippen LogP contribution in [0, 0.1) is 0 Å². The molecule has 1 aliphatic heterocycles. The van der Waals surface area contributed by atoms with Gasteiger partial charge >= 0.3 is 0 Å². The Balaban J connectivity index is 1.69. The monoisotopic (exact) mass is 243 g/mol. The van der Waals surface area contributed by atoms with Gasteiger partial charge < -0.3 is 9.64 Å². The van der Waals surface area contributed by atoms with Gasteiger partial charge in [0.1, 0.15) is 0 Å². The molecule has 1 aliphatic rings. The third-order valence-electron chi connectivity index (χ3n) is 3.18. The molecule has 94 valence electrons. The maximum Gasteiger partial charge on any atom is 0.0754 e. The molecule has 4 heteroatoms. The van der Waals surface area contributed by atoms with Gasteiger partial charge in [-0.25, -0.2) is 0 Å². The van der Waals surface area contributed by atoms with Gasteiger partial charge in [-0.2, -0.15) is 5.10 Å². The van der Waals surface area contributed by atoms with Gasteiger partial charge in [0.2, 0.25) is 0 Å². The fraction of sp³-hybridized carbons (Fsp3) is 0.357. The minimum Gasteiger partial charge on any atom is -0.378 e. The summed E-state index contributed by atoms with van der Waals surface area (Å²) in [6.07, 6.45) is 4.05. The molecule has 0 aliphatic carbocycles. The van der Waals surface area contributed by atoms with Crippen molar-refractivity contribution in [1.82, 2.24) is 9.78 Å². The molecule has 0 bridgehead atoms. The zero-order chi connectivity index (χ0) is 12.2. The number of morpholine rings is 1. The van der Waals surface area contributed by atoms with Crippen LogP contribution in [0.5, 0.6) is 0 Å². The highest BCUT2D eigenvalue weighted by Crippen LogP contribution is 2.15. The summed E-state index contributed by atoms with van der Waals surface area (Å²) >= 11 is 0. The number of anilines is 1. The molecule has 0 atom stereocenters. The van der Waals surface area contributed by atoms with Crippen molar-refractivity contribution in [1.29, 1.82) is 0 Å². The Kier molecular flexibility index (Phi) is 3.28. The van der Waals surface area contributed by atoms with E-state index in [0.717, 1.165) is 32.8 Å². The number of benzene rings is 1. The molecule has 1 fully saturated rings. The van der Waals surface area contributed by atoms with Gasteiger partial charge in [0.15, 0.2) is 0 Å². The van der Waals surface area contributed by atoms with Crippen molar-refractivity contribution in [2.75, 3.05) is 31.2 Å². The maximum absolute atomic E-state index is 5.35. The molecule has 1 saturated heterocycles. The fourth-order valence-corrected chi connectivity index (χ4v) is 2.19. The SMILES string of the molecule is c1ccc(Cn2cc(N3CCOCC3)cn2)cc1. The minimum atomic E-state index is 0.809. The Bertz CT molecular complexity index is 489. The number of hydrogen-bond donors (Lipinski definition) is 0. The van der Waals surface area contributed by atoms with E-state index < -0.39 is 0 Å². The molecule has 18 heavy (non-hydrogen) atoms. The number of aromatic nitrogens is 2. The molecule has 2 heterocycles. The molecule has 0 radical (unpaired) electrons. The number of ether oxygens (including phenoxy) is 1. The van der Waals surface area contributed by atoms with Crippen molar-refractivity contribution in [2.45, 2.75) is 6.54 Å². The fourth-order valence-electron chi connectivity index (χ4n) is 2.19. The maximum atomic E-state index is 5.35. The lowest BCUT2D eigenvalue weighted by Crippen LogP contribution is -2.35. The minimum absolute atomic E-state index is 0.809. The molecule has 0 saturated carbocycles. The number of rotatable bonds is 3. The third kappa shape index (κ3) is 2.54. The molecule has 3 rings (SSSR count). The van der Waals surface area contributed by atoms with Crippen LogP contribution in [0.3, 0.4) is 0 Å². The molecular weight excluding hydrogens is 226 g/mol. The predicted molar refractivity (Wildman–Crippen MR) is 70.8 cm³/mol. The molecule has 1 aromatic carbocycles. The Labute approximate surface area is 107 Å². The number of nitrogens with zero attached hydrogens (tertiary/aromatic N) is 3. The zero-order valence-corrected chi connectivity index (χ0v) is 10.3. The van der Waals surface area contributed by atoms with Crippen LogP contribution in [-0.2, 0) is 11.3 Å². The van der Waals surface area contributed by atoms with Crippen LogP contribution >= 0.6 is 0 Å². The molecule has 0 N–H and O–H groups in total. The van der Waals surface area contributed by atoms with E-state index in [1.54, 1.807) is 0 Å². The first-order valence-electron chi connectivity index (χ1n) is 6.31. The normalized spacial score (nSPS) is 15.9. The van der Waals surface area contributed by atoms with E-state index in [0.29, 0.717) is 0 Å². The standard InChI is InChI=1S/C14H17N3O/c1-2-4-13(5-3-1)11-17-12-14(10-15-17)16-6-8-18-9-7-16/h1-5,10,12H,6-9,11H2. The summed E-state index contributed by atoms with van der Waals surface area (Å²) in [5.74, 6) is 0. The van der Waals surface area contributed by atoms with Gasteiger partial charge in [0.25, 0.3) is 0 Å². The molecule has 0 spiro atoms. The van der Waals surface area contributed by atoms with E-state index in [1.165, 1.54) is 11.3 Å². The Morgan fingerprint density at radius 1 is 1.11 bits per heavy atom. The van der Waals surface area contributed by atoms with Crippen molar-refractivity contribution in [3.8, 4) is 0 Å². The lowest BCUT2D eigenvalue weighted by Gasteiger charge is -2.27. The van der Waals surface area contributed by atoms with Crippen LogP contribution in [0.2, 0.25) is 0 Å². The first kappa shape index (κ1) is 11.3. The molecule has 1 aromatic heterocycles. The van der Waals surface area contributed by atoms with E-state index in [4.69, 9.17) is 4.74 Å². The highest BCUT2D eigenvalue weighted by atomic mass is 16.5. The van der Waals surface area contributed by atoms with E-state index >= 15 is 0 Å². The largest absolute Gasteiger partial charge is 0.378 e. The van der Waals surface area contributed by atoms with Crippen LogP contribution in [0.4, 0.5) is 5.69 Å². The average molecular weight is 243 g/mol.